The highest BCUT2D eigenvalue weighted by atomic mass is 19.1. The van der Waals surface area contributed by atoms with Crippen LogP contribution in [0, 0.1) is 5.82 Å². The Balaban J connectivity index is 1.91. The number of hydrogen-bond donors (Lipinski definition) is 2. The molecular weight excluding hydrogens is 249 g/mol. The van der Waals surface area contributed by atoms with Crippen LogP contribution >= 0.6 is 0 Å². The minimum atomic E-state index is -0.714. The van der Waals surface area contributed by atoms with Crippen molar-refractivity contribution >= 4 is 11.8 Å². The van der Waals surface area contributed by atoms with Crippen LogP contribution in [0.2, 0.25) is 0 Å². The SMILES string of the molecule is O=C(Nc1cc(O)cc(F)c1)OCc1ccccc1. The topological polar surface area (TPSA) is 58.6 Å². The van der Waals surface area contributed by atoms with E-state index in [9.17, 15) is 14.3 Å². The number of hydrogen-bond acceptors (Lipinski definition) is 3. The predicted molar refractivity (Wildman–Crippen MR) is 68.3 cm³/mol. The number of phenols is 1. The number of nitrogens with one attached hydrogen (secondary N) is 1. The summed E-state index contributed by atoms with van der Waals surface area (Å²) in [4.78, 5) is 11.5. The van der Waals surface area contributed by atoms with Crippen molar-refractivity contribution in [2.75, 3.05) is 5.32 Å². The van der Waals surface area contributed by atoms with Gasteiger partial charge in [0.05, 0.1) is 5.69 Å². The molecule has 0 unspecified atom stereocenters. The van der Waals surface area contributed by atoms with Crippen molar-refractivity contribution in [2.24, 2.45) is 0 Å². The second kappa shape index (κ2) is 5.86. The normalized spacial score (nSPS) is 9.95. The summed E-state index contributed by atoms with van der Waals surface area (Å²) < 4.78 is 17.9. The molecule has 2 N–H and O–H groups in total. The summed E-state index contributed by atoms with van der Waals surface area (Å²) in [5.41, 5.74) is 0.982. The van der Waals surface area contributed by atoms with Gasteiger partial charge in [-0.25, -0.2) is 9.18 Å². The summed E-state index contributed by atoms with van der Waals surface area (Å²) >= 11 is 0. The van der Waals surface area contributed by atoms with Gasteiger partial charge >= 0.3 is 6.09 Å². The molecule has 0 spiro atoms. The largest absolute Gasteiger partial charge is 0.508 e. The Morgan fingerprint density at radius 2 is 1.95 bits per heavy atom. The van der Waals surface area contributed by atoms with Crippen LogP contribution in [-0.2, 0) is 11.3 Å². The number of halogens is 1. The van der Waals surface area contributed by atoms with E-state index in [1.807, 2.05) is 30.3 Å². The van der Waals surface area contributed by atoms with E-state index in [1.54, 1.807) is 0 Å². The molecule has 0 fully saturated rings. The van der Waals surface area contributed by atoms with Gasteiger partial charge in [0.2, 0.25) is 0 Å². The van der Waals surface area contributed by atoms with Gasteiger partial charge in [0, 0.05) is 12.1 Å². The summed E-state index contributed by atoms with van der Waals surface area (Å²) in [6.07, 6.45) is -0.714. The highest BCUT2D eigenvalue weighted by molar-refractivity contribution is 5.84. The molecule has 0 aliphatic rings. The number of anilines is 1. The average molecular weight is 261 g/mol. The molecular formula is C14H12FNO3. The second-order valence-corrected chi connectivity index (χ2v) is 3.88. The standard InChI is InChI=1S/C14H12FNO3/c15-11-6-12(8-13(17)7-11)16-14(18)19-9-10-4-2-1-3-5-10/h1-8,17H,9H2,(H,16,18). The van der Waals surface area contributed by atoms with Crippen molar-refractivity contribution < 1.29 is 19.0 Å². The third-order valence-corrected chi connectivity index (χ3v) is 2.34. The van der Waals surface area contributed by atoms with E-state index in [0.717, 1.165) is 17.7 Å². The van der Waals surface area contributed by atoms with Crippen molar-refractivity contribution in [3.8, 4) is 5.75 Å². The third-order valence-electron chi connectivity index (χ3n) is 2.34. The van der Waals surface area contributed by atoms with E-state index < -0.39 is 11.9 Å². The van der Waals surface area contributed by atoms with Crippen LogP contribution in [-0.4, -0.2) is 11.2 Å². The smallest absolute Gasteiger partial charge is 0.411 e. The molecule has 2 rings (SSSR count). The predicted octanol–water partition coefficient (Wildman–Crippen LogP) is 3.28. The van der Waals surface area contributed by atoms with Gasteiger partial charge < -0.3 is 9.84 Å². The molecule has 1 amide bonds. The number of ether oxygens (including phenoxy) is 1. The van der Waals surface area contributed by atoms with Crippen molar-refractivity contribution in [2.45, 2.75) is 6.61 Å². The van der Waals surface area contributed by atoms with E-state index in [0.29, 0.717) is 0 Å². The average Bonchev–Trinajstić information content (AvgIpc) is 2.36. The number of phenolic OH excluding ortho intramolecular Hbond substituents is 1. The summed E-state index contributed by atoms with van der Waals surface area (Å²) in [6.45, 7) is 0.119. The second-order valence-electron chi connectivity index (χ2n) is 3.88. The number of benzene rings is 2. The number of aromatic hydroxyl groups is 1. The molecule has 5 heteroatoms. The highest BCUT2D eigenvalue weighted by Crippen LogP contribution is 2.18. The van der Waals surface area contributed by atoms with Gasteiger partial charge in [0.25, 0.3) is 0 Å². The van der Waals surface area contributed by atoms with Crippen LogP contribution in [0.15, 0.2) is 48.5 Å². The molecule has 0 saturated carbocycles. The van der Waals surface area contributed by atoms with E-state index >= 15 is 0 Å². The Labute approximate surface area is 109 Å². The first-order chi connectivity index (χ1) is 9.13. The van der Waals surface area contributed by atoms with E-state index in [2.05, 4.69) is 5.32 Å². The fourth-order valence-electron chi connectivity index (χ4n) is 1.52. The molecule has 19 heavy (non-hydrogen) atoms. The van der Waals surface area contributed by atoms with Crippen LogP contribution < -0.4 is 5.32 Å². The Morgan fingerprint density at radius 1 is 1.21 bits per heavy atom. The fourth-order valence-corrected chi connectivity index (χ4v) is 1.52. The van der Waals surface area contributed by atoms with Crippen molar-refractivity contribution in [3.05, 3.63) is 59.9 Å². The zero-order valence-corrected chi connectivity index (χ0v) is 9.97. The zero-order chi connectivity index (χ0) is 13.7. The lowest BCUT2D eigenvalue weighted by atomic mass is 10.2. The van der Waals surface area contributed by atoms with Crippen molar-refractivity contribution in [1.29, 1.82) is 0 Å². The molecule has 0 atom stereocenters. The van der Waals surface area contributed by atoms with Crippen LogP contribution in [0.25, 0.3) is 0 Å². The first kappa shape index (κ1) is 12.9. The number of carbonyl (C=O) groups excluding carboxylic acids is 1. The minimum absolute atomic E-state index is 0.119. The maximum Gasteiger partial charge on any atom is 0.411 e. The van der Waals surface area contributed by atoms with Crippen LogP contribution in [0.4, 0.5) is 14.9 Å². The molecule has 2 aromatic rings. The van der Waals surface area contributed by atoms with E-state index in [-0.39, 0.29) is 18.0 Å². The van der Waals surface area contributed by atoms with Crippen molar-refractivity contribution in [3.63, 3.8) is 0 Å². The Morgan fingerprint density at radius 3 is 2.63 bits per heavy atom. The van der Waals surface area contributed by atoms with Crippen LogP contribution in [0.1, 0.15) is 5.56 Å². The van der Waals surface area contributed by atoms with Gasteiger partial charge in [0.15, 0.2) is 0 Å². The van der Waals surface area contributed by atoms with Gasteiger partial charge in [-0.05, 0) is 11.6 Å². The van der Waals surface area contributed by atoms with Crippen LogP contribution in [0.5, 0.6) is 5.75 Å². The lowest BCUT2D eigenvalue weighted by molar-refractivity contribution is 0.155. The molecule has 0 aromatic heterocycles. The fraction of sp³-hybridized carbons (Fsp3) is 0.0714. The Hall–Kier alpha value is -2.56. The first-order valence-electron chi connectivity index (χ1n) is 5.61. The van der Waals surface area contributed by atoms with Gasteiger partial charge in [0.1, 0.15) is 18.2 Å². The minimum Gasteiger partial charge on any atom is -0.508 e. The van der Waals surface area contributed by atoms with Gasteiger partial charge in [-0.2, -0.15) is 0 Å². The van der Waals surface area contributed by atoms with E-state index in [1.165, 1.54) is 6.07 Å². The van der Waals surface area contributed by atoms with Gasteiger partial charge in [-0.15, -0.1) is 0 Å². The van der Waals surface area contributed by atoms with Gasteiger partial charge in [-0.3, -0.25) is 5.32 Å². The van der Waals surface area contributed by atoms with E-state index in [4.69, 9.17) is 4.74 Å². The molecule has 0 bridgehead atoms. The van der Waals surface area contributed by atoms with Crippen molar-refractivity contribution in [1.82, 2.24) is 0 Å². The molecule has 0 saturated heterocycles. The molecule has 4 nitrogen and oxygen atoms in total. The number of carbonyl (C=O) groups is 1. The summed E-state index contributed by atoms with van der Waals surface area (Å²) in [5.74, 6) is -0.906. The zero-order valence-electron chi connectivity index (χ0n) is 9.97. The Bertz CT molecular complexity index is 552. The maximum atomic E-state index is 13.0. The molecule has 0 heterocycles. The number of rotatable bonds is 3. The summed E-state index contributed by atoms with van der Waals surface area (Å²) in [5, 5.41) is 11.5. The lowest BCUT2D eigenvalue weighted by Crippen LogP contribution is -2.13. The molecule has 98 valence electrons. The van der Waals surface area contributed by atoms with Gasteiger partial charge in [-0.1, -0.05) is 30.3 Å². The first-order valence-corrected chi connectivity index (χ1v) is 5.61. The monoisotopic (exact) mass is 261 g/mol. The maximum absolute atomic E-state index is 13.0. The lowest BCUT2D eigenvalue weighted by Gasteiger charge is -2.07. The molecule has 0 radical (unpaired) electrons. The highest BCUT2D eigenvalue weighted by Gasteiger charge is 2.06. The Kier molecular flexibility index (Phi) is 3.97. The number of amides is 1. The summed E-state index contributed by atoms with van der Waals surface area (Å²) in [7, 11) is 0. The summed E-state index contributed by atoms with van der Waals surface area (Å²) in [6, 6.07) is 12.4. The quantitative estimate of drug-likeness (QED) is 0.891. The third kappa shape index (κ3) is 3.99. The molecule has 2 aromatic carbocycles. The molecule has 0 aliphatic carbocycles. The van der Waals surface area contributed by atoms with Crippen LogP contribution in [0.3, 0.4) is 0 Å². The molecule has 0 aliphatic heterocycles.